The molecule has 0 atom stereocenters. The summed E-state index contributed by atoms with van der Waals surface area (Å²) >= 11 is 0. The highest BCUT2D eigenvalue weighted by Gasteiger charge is 2.09. The van der Waals surface area contributed by atoms with Crippen LogP contribution in [0.4, 0.5) is 5.69 Å². The summed E-state index contributed by atoms with van der Waals surface area (Å²) in [5.41, 5.74) is 7.06. The molecule has 4 rings (SSSR count). The van der Waals surface area contributed by atoms with E-state index in [9.17, 15) is 4.79 Å². The fourth-order valence-electron chi connectivity index (χ4n) is 3.22. The van der Waals surface area contributed by atoms with Gasteiger partial charge in [0.05, 0.1) is 22.9 Å². The van der Waals surface area contributed by atoms with Gasteiger partial charge in [-0.25, -0.2) is 4.98 Å². The van der Waals surface area contributed by atoms with Crippen LogP contribution in [-0.2, 0) is 11.2 Å². The number of carbonyl (C=O) groups excluding carboxylic acids is 1. The van der Waals surface area contributed by atoms with Gasteiger partial charge in [-0.1, -0.05) is 30.8 Å². The van der Waals surface area contributed by atoms with Gasteiger partial charge in [-0.15, -0.1) is 0 Å². The Bertz CT molecular complexity index is 1180. The van der Waals surface area contributed by atoms with Gasteiger partial charge in [0.15, 0.2) is 0 Å². The van der Waals surface area contributed by atoms with Crippen molar-refractivity contribution in [3.63, 3.8) is 0 Å². The van der Waals surface area contributed by atoms with Gasteiger partial charge in [0.2, 0.25) is 5.91 Å². The van der Waals surface area contributed by atoms with Crippen LogP contribution in [0.15, 0.2) is 79.9 Å². The molecule has 0 fully saturated rings. The topological polar surface area (TPSA) is 59.8 Å². The summed E-state index contributed by atoms with van der Waals surface area (Å²) in [6.45, 7) is 5.61. The van der Waals surface area contributed by atoms with Crippen molar-refractivity contribution in [3.05, 3.63) is 96.6 Å². The molecule has 0 aliphatic carbocycles. The van der Waals surface area contributed by atoms with E-state index in [1.807, 2.05) is 41.2 Å². The second-order valence-electron chi connectivity index (χ2n) is 6.67. The molecule has 0 saturated carbocycles. The van der Waals surface area contributed by atoms with Gasteiger partial charge < -0.3 is 5.32 Å². The first-order valence-electron chi connectivity index (χ1n) is 9.03. The molecule has 2 heterocycles. The smallest absolute Gasteiger partial charge is 0.247 e. The Morgan fingerprint density at radius 3 is 2.86 bits per heavy atom. The molecule has 5 heteroatoms. The van der Waals surface area contributed by atoms with E-state index in [0.717, 1.165) is 28.7 Å². The Hall–Kier alpha value is -3.73. The zero-order valence-corrected chi connectivity index (χ0v) is 15.6. The molecular weight excluding hydrogens is 348 g/mol. The zero-order valence-electron chi connectivity index (χ0n) is 15.6. The normalized spacial score (nSPS) is 10.8. The molecule has 0 aliphatic rings. The molecule has 0 saturated heterocycles. The van der Waals surface area contributed by atoms with E-state index >= 15 is 0 Å². The predicted molar refractivity (Wildman–Crippen MR) is 112 cm³/mol. The van der Waals surface area contributed by atoms with Crippen LogP contribution in [0.3, 0.4) is 0 Å². The van der Waals surface area contributed by atoms with Crippen LogP contribution in [0, 0.1) is 6.92 Å². The number of fused-ring (bicyclic) bond motifs is 1. The molecule has 1 N–H and O–H groups in total. The van der Waals surface area contributed by atoms with Crippen molar-refractivity contribution in [2.24, 2.45) is 0 Å². The first kappa shape index (κ1) is 17.7. The van der Waals surface area contributed by atoms with Crippen molar-refractivity contribution in [2.75, 3.05) is 5.32 Å². The fourth-order valence-corrected chi connectivity index (χ4v) is 3.22. The number of imidazole rings is 1. The number of anilines is 1. The number of hydrogen-bond donors (Lipinski definition) is 1. The molecule has 0 bridgehead atoms. The third-order valence-electron chi connectivity index (χ3n) is 4.71. The number of rotatable bonds is 5. The summed E-state index contributed by atoms with van der Waals surface area (Å²) in [4.78, 5) is 20.5. The number of amides is 1. The molecule has 0 unspecified atom stereocenters. The zero-order chi connectivity index (χ0) is 19.5. The summed E-state index contributed by atoms with van der Waals surface area (Å²) < 4.78 is 1.98. The van der Waals surface area contributed by atoms with Crippen molar-refractivity contribution in [2.45, 2.75) is 13.3 Å². The van der Waals surface area contributed by atoms with E-state index in [4.69, 9.17) is 0 Å². The summed E-state index contributed by atoms with van der Waals surface area (Å²) in [7, 11) is 0. The van der Waals surface area contributed by atoms with Crippen LogP contribution in [0.2, 0.25) is 0 Å². The first-order chi connectivity index (χ1) is 13.6. The minimum atomic E-state index is -0.243. The maximum atomic E-state index is 11.6. The molecule has 138 valence electrons. The summed E-state index contributed by atoms with van der Waals surface area (Å²) in [5.74, 6) is -0.243. The number of aryl methyl sites for hydroxylation is 1. The van der Waals surface area contributed by atoms with Crippen molar-refractivity contribution in [3.8, 4) is 5.69 Å². The third kappa shape index (κ3) is 3.55. The van der Waals surface area contributed by atoms with Gasteiger partial charge in [0, 0.05) is 11.9 Å². The van der Waals surface area contributed by atoms with Gasteiger partial charge in [-0.05, 0) is 60.4 Å². The van der Waals surface area contributed by atoms with Gasteiger partial charge >= 0.3 is 0 Å². The second kappa shape index (κ2) is 7.48. The number of nitrogens with zero attached hydrogens (tertiary/aromatic N) is 3. The van der Waals surface area contributed by atoms with Gasteiger partial charge in [0.1, 0.15) is 6.33 Å². The van der Waals surface area contributed by atoms with E-state index in [2.05, 4.69) is 53.1 Å². The highest BCUT2D eigenvalue weighted by molar-refractivity contribution is 6.00. The lowest BCUT2D eigenvalue weighted by Crippen LogP contribution is -2.07. The number of hydrogen-bond acceptors (Lipinski definition) is 3. The SMILES string of the molecule is C=CC(=O)Nc1ccc2ncn(-c3cncc(Cc4ccccc4C)c3)c2c1. The molecule has 5 nitrogen and oxygen atoms in total. The summed E-state index contributed by atoms with van der Waals surface area (Å²) in [6, 6.07) is 16.1. The number of carbonyl (C=O) groups is 1. The van der Waals surface area contributed by atoms with E-state index in [1.165, 1.54) is 17.2 Å². The maximum Gasteiger partial charge on any atom is 0.247 e. The van der Waals surface area contributed by atoms with Gasteiger partial charge in [-0.3, -0.25) is 14.3 Å². The molecular formula is C23H20N4O. The summed E-state index contributed by atoms with van der Waals surface area (Å²) in [6.07, 6.45) is 7.56. The Labute approximate surface area is 163 Å². The lowest BCUT2D eigenvalue weighted by molar-refractivity contribution is -0.111. The molecule has 0 aliphatic heterocycles. The Balaban J connectivity index is 1.70. The van der Waals surface area contributed by atoms with Crippen molar-refractivity contribution in [1.82, 2.24) is 14.5 Å². The van der Waals surface area contributed by atoms with Crippen molar-refractivity contribution >= 4 is 22.6 Å². The van der Waals surface area contributed by atoms with Crippen LogP contribution < -0.4 is 5.32 Å². The molecule has 28 heavy (non-hydrogen) atoms. The lowest BCUT2D eigenvalue weighted by Gasteiger charge is -2.09. The molecule has 1 amide bonds. The maximum absolute atomic E-state index is 11.6. The minimum Gasteiger partial charge on any atom is -0.322 e. The Kier molecular flexibility index (Phi) is 4.72. The van der Waals surface area contributed by atoms with E-state index < -0.39 is 0 Å². The average Bonchev–Trinajstić information content (AvgIpc) is 3.13. The molecule has 0 spiro atoms. The second-order valence-corrected chi connectivity index (χ2v) is 6.67. The van der Waals surface area contributed by atoms with Crippen LogP contribution in [0.1, 0.15) is 16.7 Å². The van der Waals surface area contributed by atoms with Crippen molar-refractivity contribution in [1.29, 1.82) is 0 Å². The number of aromatic nitrogens is 3. The predicted octanol–water partition coefficient (Wildman–Crippen LogP) is 4.44. The molecule has 2 aromatic heterocycles. The van der Waals surface area contributed by atoms with Crippen LogP contribution in [0.25, 0.3) is 16.7 Å². The third-order valence-corrected chi connectivity index (χ3v) is 4.71. The Morgan fingerprint density at radius 2 is 2.04 bits per heavy atom. The number of pyridine rings is 1. The molecule has 2 aromatic carbocycles. The lowest BCUT2D eigenvalue weighted by atomic mass is 10.0. The quantitative estimate of drug-likeness (QED) is 0.530. The van der Waals surface area contributed by atoms with Crippen LogP contribution in [0.5, 0.6) is 0 Å². The highest BCUT2D eigenvalue weighted by Crippen LogP contribution is 2.23. The van der Waals surface area contributed by atoms with Crippen molar-refractivity contribution < 1.29 is 4.79 Å². The molecule has 4 aromatic rings. The number of benzene rings is 2. The Morgan fingerprint density at radius 1 is 1.18 bits per heavy atom. The van der Waals surface area contributed by atoms with E-state index in [0.29, 0.717) is 5.69 Å². The van der Waals surface area contributed by atoms with E-state index in [1.54, 1.807) is 6.33 Å². The van der Waals surface area contributed by atoms with Crippen LogP contribution >= 0.6 is 0 Å². The largest absolute Gasteiger partial charge is 0.322 e. The van der Waals surface area contributed by atoms with Crippen LogP contribution in [-0.4, -0.2) is 20.4 Å². The van der Waals surface area contributed by atoms with E-state index in [-0.39, 0.29) is 5.91 Å². The number of nitrogens with one attached hydrogen (secondary N) is 1. The highest BCUT2D eigenvalue weighted by atomic mass is 16.1. The fraction of sp³-hybridized carbons (Fsp3) is 0.0870. The van der Waals surface area contributed by atoms with Gasteiger partial charge in [-0.2, -0.15) is 0 Å². The minimum absolute atomic E-state index is 0.243. The summed E-state index contributed by atoms with van der Waals surface area (Å²) in [5, 5.41) is 2.79. The average molecular weight is 368 g/mol. The standard InChI is InChI=1S/C23H20N4O/c1-3-23(28)26-19-8-9-21-22(12-19)27(15-25-21)20-11-17(13-24-14-20)10-18-7-5-4-6-16(18)2/h3-9,11-15H,1,10H2,2H3,(H,26,28). The monoisotopic (exact) mass is 368 g/mol. The molecule has 0 radical (unpaired) electrons. The first-order valence-corrected chi connectivity index (χ1v) is 9.03. The van der Waals surface area contributed by atoms with Gasteiger partial charge in [0.25, 0.3) is 0 Å².